The van der Waals surface area contributed by atoms with Gasteiger partial charge in [-0.1, -0.05) is 94.4 Å². The maximum Gasteiger partial charge on any atom is 0.453 e. The molecule has 4 rings (SSSR count). The first-order valence-electron chi connectivity index (χ1n) is 15.2. The maximum atomic E-state index is 14.5. The lowest BCUT2D eigenvalue weighted by Crippen LogP contribution is -2.56. The van der Waals surface area contributed by atoms with Crippen molar-refractivity contribution in [2.24, 2.45) is 11.8 Å². The summed E-state index contributed by atoms with van der Waals surface area (Å²) in [5.41, 5.74) is 0.820. The molecule has 1 saturated heterocycles. The Hall–Kier alpha value is -4.30. The molecule has 1 heterocycles. The number of alkyl carbamates (subject to hydrolysis) is 1. The van der Waals surface area contributed by atoms with Gasteiger partial charge in [-0.3, -0.25) is 9.59 Å². The predicted molar refractivity (Wildman–Crippen MR) is 172 cm³/mol. The van der Waals surface area contributed by atoms with Crippen molar-refractivity contribution in [3.63, 3.8) is 0 Å². The highest BCUT2D eigenvalue weighted by Gasteiger charge is 2.46. The van der Waals surface area contributed by atoms with Gasteiger partial charge in [0.05, 0.1) is 0 Å². The number of benzene rings is 3. The lowest BCUT2D eigenvalue weighted by Gasteiger charge is -2.33. The van der Waals surface area contributed by atoms with Crippen LogP contribution in [0.2, 0.25) is 0 Å². The van der Waals surface area contributed by atoms with E-state index in [9.17, 15) is 18.9 Å². The van der Waals surface area contributed by atoms with Crippen LogP contribution in [-0.2, 0) is 25.5 Å². The summed E-state index contributed by atoms with van der Waals surface area (Å²) in [5, 5.41) is 5.61. The molecule has 1 fully saturated rings. The van der Waals surface area contributed by atoms with Crippen LogP contribution in [0.3, 0.4) is 0 Å². The molecule has 0 radical (unpaired) electrons. The van der Waals surface area contributed by atoms with Crippen LogP contribution in [0.1, 0.15) is 46.1 Å². The van der Waals surface area contributed by atoms with E-state index < -0.39 is 37.5 Å². The van der Waals surface area contributed by atoms with Crippen molar-refractivity contribution in [1.82, 2.24) is 15.5 Å². The fourth-order valence-electron chi connectivity index (χ4n) is 5.13. The summed E-state index contributed by atoms with van der Waals surface area (Å²) in [7, 11) is -4.06. The lowest BCUT2D eigenvalue weighted by atomic mass is 10.0. The molecule has 1 aliphatic heterocycles. The topological polar surface area (TPSA) is 123 Å². The number of rotatable bonds is 13. The smallest absolute Gasteiger partial charge is 0.445 e. The summed E-state index contributed by atoms with van der Waals surface area (Å²) in [6.07, 6.45) is 0.288. The molecular weight excluding hydrogens is 593 g/mol. The van der Waals surface area contributed by atoms with Crippen LogP contribution in [0.4, 0.5) is 4.79 Å². The second-order valence-electron chi connectivity index (χ2n) is 11.7. The Morgan fingerprint density at radius 2 is 1.33 bits per heavy atom. The van der Waals surface area contributed by atoms with E-state index in [1.165, 1.54) is 4.90 Å². The number of carbonyl (C=O) groups is 3. The van der Waals surface area contributed by atoms with E-state index in [2.05, 4.69) is 10.6 Å². The average Bonchev–Trinajstić information content (AvgIpc) is 3.52. The van der Waals surface area contributed by atoms with Gasteiger partial charge in [-0.2, -0.15) is 0 Å². The number of ether oxygens (including phenoxy) is 1. The fraction of sp³-hybridized carbons (Fsp3) is 0.382. The molecule has 0 bridgehead atoms. The highest BCUT2D eigenvalue weighted by atomic mass is 31.2. The second-order valence-corrected chi connectivity index (χ2v) is 13.7. The molecule has 0 aliphatic carbocycles. The molecule has 3 atom stereocenters. The molecule has 2 N–H and O–H groups in total. The van der Waals surface area contributed by atoms with Crippen LogP contribution in [0, 0.1) is 11.8 Å². The first-order chi connectivity index (χ1) is 21.6. The Morgan fingerprint density at radius 1 is 0.800 bits per heavy atom. The molecule has 3 amide bonds. The summed E-state index contributed by atoms with van der Waals surface area (Å²) in [4.78, 5) is 41.8. The molecule has 240 valence electrons. The minimum atomic E-state index is -4.06. The zero-order valence-corrected chi connectivity index (χ0v) is 27.0. The fourth-order valence-corrected chi connectivity index (χ4v) is 7.24. The third kappa shape index (κ3) is 9.11. The van der Waals surface area contributed by atoms with E-state index in [1.54, 1.807) is 48.5 Å². The number of carbonyl (C=O) groups excluding carboxylic acids is 3. The van der Waals surface area contributed by atoms with Crippen LogP contribution < -0.4 is 19.7 Å². The molecule has 3 aromatic rings. The van der Waals surface area contributed by atoms with Gasteiger partial charge in [0, 0.05) is 6.54 Å². The quantitative estimate of drug-likeness (QED) is 0.209. The van der Waals surface area contributed by atoms with Crippen molar-refractivity contribution < 1.29 is 32.7 Å². The molecule has 3 aromatic carbocycles. The minimum absolute atomic E-state index is 0.0627. The van der Waals surface area contributed by atoms with Crippen molar-refractivity contribution in [2.75, 3.05) is 6.54 Å². The Morgan fingerprint density at radius 3 is 1.84 bits per heavy atom. The van der Waals surface area contributed by atoms with Gasteiger partial charge in [-0.25, -0.2) is 9.36 Å². The zero-order valence-electron chi connectivity index (χ0n) is 26.1. The summed E-state index contributed by atoms with van der Waals surface area (Å²) in [6, 6.07) is 24.8. The summed E-state index contributed by atoms with van der Waals surface area (Å²) in [5.74, 6) is -1.85. The molecule has 0 aromatic heterocycles. The summed E-state index contributed by atoms with van der Waals surface area (Å²) >= 11 is 0. The van der Waals surface area contributed by atoms with Gasteiger partial charge in [0.25, 0.3) is 0 Å². The number of nitrogens with one attached hydrogen (secondary N) is 2. The zero-order chi connectivity index (χ0) is 32.4. The van der Waals surface area contributed by atoms with Gasteiger partial charge in [-0.15, -0.1) is 0 Å². The molecule has 45 heavy (non-hydrogen) atoms. The van der Waals surface area contributed by atoms with Gasteiger partial charge in [0.15, 0.2) is 5.78 Å². The molecular formula is C34H42N3O7P. The van der Waals surface area contributed by atoms with Crippen LogP contribution in [0.5, 0.6) is 11.5 Å². The van der Waals surface area contributed by atoms with E-state index in [-0.39, 0.29) is 24.3 Å². The van der Waals surface area contributed by atoms with E-state index in [1.807, 2.05) is 70.2 Å². The van der Waals surface area contributed by atoms with E-state index in [0.29, 0.717) is 30.9 Å². The lowest BCUT2D eigenvalue weighted by molar-refractivity contribution is -0.141. The average molecular weight is 636 g/mol. The molecule has 10 nitrogen and oxygen atoms in total. The van der Waals surface area contributed by atoms with Crippen LogP contribution in [0.25, 0.3) is 0 Å². The molecule has 11 heteroatoms. The normalized spacial score (nSPS) is 16.1. The van der Waals surface area contributed by atoms with Crippen molar-refractivity contribution in [3.8, 4) is 11.5 Å². The van der Waals surface area contributed by atoms with Gasteiger partial charge < -0.3 is 29.3 Å². The van der Waals surface area contributed by atoms with E-state index in [0.717, 1.165) is 5.56 Å². The highest BCUT2D eigenvalue weighted by Crippen LogP contribution is 2.54. The monoisotopic (exact) mass is 635 g/mol. The third-order valence-corrected chi connectivity index (χ3v) is 9.81. The molecule has 1 aliphatic rings. The van der Waals surface area contributed by atoms with Crippen LogP contribution in [0.15, 0.2) is 91.0 Å². The van der Waals surface area contributed by atoms with Gasteiger partial charge in [0.2, 0.25) is 11.8 Å². The molecule has 0 spiro atoms. The second kappa shape index (κ2) is 15.6. The highest BCUT2D eigenvalue weighted by molar-refractivity contribution is 7.55. The SMILES string of the molecule is CC(C)C(NC(=O)[C@@H]1CCCN1C(=O)[C@@H](NC(=O)OCc1ccccc1)C(C)C)P(=O)(Oc1ccccc1)Oc1ccccc1. The van der Waals surface area contributed by atoms with Crippen molar-refractivity contribution >= 4 is 25.5 Å². The predicted octanol–water partition coefficient (Wildman–Crippen LogP) is 6.38. The van der Waals surface area contributed by atoms with E-state index >= 15 is 0 Å². The largest absolute Gasteiger partial charge is 0.453 e. The first-order valence-corrected chi connectivity index (χ1v) is 16.9. The number of hydrogen-bond acceptors (Lipinski definition) is 7. The van der Waals surface area contributed by atoms with Gasteiger partial charge in [-0.05, 0) is 54.5 Å². The standard InChI is InChI=1S/C34H42N3O7P/c1-24(2)30(35-34(40)42-23-26-15-8-5-9-16-26)33(39)37-22-14-21-29(37)31(38)36-32(25(3)4)45(41,43-27-17-10-6-11-18-27)44-28-19-12-7-13-20-28/h5-13,15-20,24-25,29-30,32H,14,21-23H2,1-4H3,(H,35,40)(H,36,38)/t29-,30-,32?/m0/s1. The van der Waals surface area contributed by atoms with Crippen LogP contribution in [-0.4, -0.2) is 47.2 Å². The minimum Gasteiger partial charge on any atom is -0.445 e. The van der Waals surface area contributed by atoms with E-state index in [4.69, 9.17) is 13.8 Å². The van der Waals surface area contributed by atoms with Gasteiger partial charge in [0.1, 0.15) is 30.2 Å². The van der Waals surface area contributed by atoms with Crippen molar-refractivity contribution in [1.29, 1.82) is 0 Å². The number of amides is 3. The number of hydrogen-bond donors (Lipinski definition) is 2. The molecule has 1 unspecified atom stereocenters. The summed E-state index contributed by atoms with van der Waals surface area (Å²) in [6.45, 7) is 7.67. The Labute approximate surface area is 265 Å². The Kier molecular flexibility index (Phi) is 11.7. The number of para-hydroxylation sites is 2. The molecule has 0 saturated carbocycles. The van der Waals surface area contributed by atoms with Crippen molar-refractivity contribution in [3.05, 3.63) is 96.6 Å². The Balaban J connectivity index is 1.50. The first kappa shape index (κ1) is 33.6. The third-order valence-electron chi connectivity index (χ3n) is 7.47. The number of nitrogens with zero attached hydrogens (tertiary/aromatic N) is 1. The maximum absolute atomic E-state index is 14.5. The van der Waals surface area contributed by atoms with Gasteiger partial charge >= 0.3 is 13.7 Å². The van der Waals surface area contributed by atoms with Crippen molar-refractivity contribution in [2.45, 2.75) is 65.0 Å². The number of likely N-dealkylation sites (tertiary alicyclic amines) is 1. The summed E-state index contributed by atoms with van der Waals surface area (Å²) < 4.78 is 31.9. The Bertz CT molecular complexity index is 1410. The van der Waals surface area contributed by atoms with Crippen LogP contribution >= 0.6 is 7.60 Å².